The molecule has 1 aromatic heterocycles. The Balaban J connectivity index is 1.34. The first kappa shape index (κ1) is 27.6. The second-order valence-corrected chi connectivity index (χ2v) is 12.7. The van der Waals surface area contributed by atoms with Crippen LogP contribution in [0.15, 0.2) is 182 Å². The molecule has 9 aromatic rings. The van der Waals surface area contributed by atoms with Gasteiger partial charge in [0.25, 0.3) is 0 Å². The Kier molecular flexibility index (Phi) is 6.22. The third-order valence-corrected chi connectivity index (χ3v) is 10.0. The van der Waals surface area contributed by atoms with Gasteiger partial charge in [-0.2, -0.15) is 0 Å². The average Bonchev–Trinajstić information content (AvgIpc) is 3.50. The minimum atomic E-state index is 1.06. The summed E-state index contributed by atoms with van der Waals surface area (Å²) < 4.78 is 0. The summed E-state index contributed by atoms with van der Waals surface area (Å²) in [6, 6.07) is 61.5. The van der Waals surface area contributed by atoms with Crippen molar-refractivity contribution >= 4 is 49.4 Å². The minimum Gasteiger partial charge on any atom is -0.308 e. The first-order chi connectivity index (χ1) is 24.4. The maximum Gasteiger partial charge on any atom is 0.0723 e. The number of nitrogens with zero attached hydrogens (tertiary/aromatic N) is 2. The second-order valence-electron chi connectivity index (χ2n) is 12.7. The van der Waals surface area contributed by atoms with Crippen molar-refractivity contribution in [3.8, 4) is 44.5 Å². The van der Waals surface area contributed by atoms with Gasteiger partial charge in [0.1, 0.15) is 0 Å². The van der Waals surface area contributed by atoms with Gasteiger partial charge < -0.3 is 4.90 Å². The molecule has 0 saturated heterocycles. The Morgan fingerprint density at radius 2 is 0.878 bits per heavy atom. The number of para-hydroxylation sites is 1. The van der Waals surface area contributed by atoms with Crippen molar-refractivity contribution in [2.24, 2.45) is 0 Å². The van der Waals surface area contributed by atoms with Crippen LogP contribution in [0.25, 0.3) is 76.8 Å². The van der Waals surface area contributed by atoms with E-state index in [1.165, 1.54) is 66.1 Å². The quantitative estimate of drug-likeness (QED) is 0.190. The van der Waals surface area contributed by atoms with E-state index in [0.29, 0.717) is 0 Å². The SMILES string of the molecule is c1ccc(-c2c3c(c(-c4ccccc4)c4ccccc24)-c2ccc(N(c4ccccc4)c4cncc5ccccc45)c4cccc-3c24)cc1. The zero-order chi connectivity index (χ0) is 32.3. The molecule has 1 aliphatic carbocycles. The lowest BCUT2D eigenvalue weighted by atomic mass is 9.82. The van der Waals surface area contributed by atoms with Crippen LogP contribution in [0.5, 0.6) is 0 Å². The lowest BCUT2D eigenvalue weighted by molar-refractivity contribution is 1.26. The molecular formula is C47H30N2. The molecule has 0 amide bonds. The van der Waals surface area contributed by atoms with E-state index in [1.54, 1.807) is 0 Å². The number of hydrogen-bond acceptors (Lipinski definition) is 2. The lowest BCUT2D eigenvalue weighted by Crippen LogP contribution is -2.11. The predicted molar refractivity (Wildman–Crippen MR) is 207 cm³/mol. The molecule has 0 radical (unpaired) electrons. The highest BCUT2D eigenvalue weighted by atomic mass is 15.1. The van der Waals surface area contributed by atoms with Crippen molar-refractivity contribution in [3.05, 3.63) is 182 Å². The maximum absolute atomic E-state index is 4.72. The molecule has 0 N–H and O–H groups in total. The van der Waals surface area contributed by atoms with Gasteiger partial charge in [-0.25, -0.2) is 0 Å². The Labute approximate surface area is 285 Å². The van der Waals surface area contributed by atoms with Gasteiger partial charge in [0.2, 0.25) is 0 Å². The molecule has 0 bridgehead atoms. The molecule has 8 aromatic carbocycles. The average molecular weight is 623 g/mol. The Morgan fingerprint density at radius 1 is 0.347 bits per heavy atom. The summed E-state index contributed by atoms with van der Waals surface area (Å²) in [5.74, 6) is 0. The number of benzene rings is 8. The van der Waals surface area contributed by atoms with Crippen molar-refractivity contribution in [1.29, 1.82) is 0 Å². The summed E-state index contributed by atoms with van der Waals surface area (Å²) in [6.07, 6.45) is 3.95. The predicted octanol–water partition coefficient (Wildman–Crippen LogP) is 13.0. The van der Waals surface area contributed by atoms with E-state index in [4.69, 9.17) is 4.98 Å². The molecular weight excluding hydrogens is 593 g/mol. The highest BCUT2D eigenvalue weighted by Gasteiger charge is 2.32. The van der Waals surface area contributed by atoms with E-state index in [1.807, 2.05) is 12.4 Å². The molecule has 0 unspecified atom stereocenters. The molecule has 1 heterocycles. The smallest absolute Gasteiger partial charge is 0.0723 e. The molecule has 228 valence electrons. The normalized spacial score (nSPS) is 11.7. The molecule has 0 atom stereocenters. The number of aromatic nitrogens is 1. The molecule has 2 nitrogen and oxygen atoms in total. The zero-order valence-corrected chi connectivity index (χ0v) is 26.7. The largest absolute Gasteiger partial charge is 0.308 e. The summed E-state index contributed by atoms with van der Waals surface area (Å²) in [7, 11) is 0. The highest BCUT2D eigenvalue weighted by Crippen LogP contribution is 2.59. The minimum absolute atomic E-state index is 1.06. The van der Waals surface area contributed by atoms with Gasteiger partial charge in [0, 0.05) is 28.0 Å². The van der Waals surface area contributed by atoms with E-state index in [9.17, 15) is 0 Å². The zero-order valence-electron chi connectivity index (χ0n) is 26.7. The van der Waals surface area contributed by atoms with Crippen molar-refractivity contribution in [3.63, 3.8) is 0 Å². The molecule has 2 heteroatoms. The van der Waals surface area contributed by atoms with Crippen LogP contribution in [0.3, 0.4) is 0 Å². The Bertz CT molecular complexity index is 2600. The third kappa shape index (κ3) is 4.17. The first-order valence-electron chi connectivity index (χ1n) is 16.8. The van der Waals surface area contributed by atoms with Gasteiger partial charge in [-0.05, 0) is 78.9 Å². The van der Waals surface area contributed by atoms with Gasteiger partial charge in [-0.3, -0.25) is 4.98 Å². The highest BCUT2D eigenvalue weighted by molar-refractivity contribution is 6.29. The van der Waals surface area contributed by atoms with Crippen LogP contribution in [0.4, 0.5) is 17.1 Å². The number of rotatable bonds is 5. The second kappa shape index (κ2) is 11.0. The number of hydrogen-bond donors (Lipinski definition) is 0. The van der Waals surface area contributed by atoms with Gasteiger partial charge in [-0.1, -0.05) is 152 Å². The van der Waals surface area contributed by atoms with Crippen LogP contribution in [0.1, 0.15) is 0 Å². The van der Waals surface area contributed by atoms with Crippen LogP contribution < -0.4 is 4.90 Å². The molecule has 49 heavy (non-hydrogen) atoms. The van der Waals surface area contributed by atoms with Crippen LogP contribution in [-0.4, -0.2) is 4.98 Å². The monoisotopic (exact) mass is 622 g/mol. The van der Waals surface area contributed by atoms with E-state index >= 15 is 0 Å². The third-order valence-electron chi connectivity index (χ3n) is 10.0. The van der Waals surface area contributed by atoms with Gasteiger partial charge in [0.15, 0.2) is 0 Å². The number of anilines is 3. The van der Waals surface area contributed by atoms with Gasteiger partial charge in [0.05, 0.1) is 17.6 Å². The van der Waals surface area contributed by atoms with E-state index in [0.717, 1.165) is 27.8 Å². The number of fused-ring (bicyclic) bond motifs is 5. The molecule has 0 spiro atoms. The lowest BCUT2D eigenvalue weighted by Gasteiger charge is -2.28. The summed E-state index contributed by atoms with van der Waals surface area (Å²) in [5, 5.41) is 7.31. The maximum atomic E-state index is 4.72. The molecule has 0 fully saturated rings. The van der Waals surface area contributed by atoms with E-state index in [2.05, 4.69) is 175 Å². The molecule has 0 aliphatic heterocycles. The fourth-order valence-corrected chi connectivity index (χ4v) is 8.05. The summed E-state index contributed by atoms with van der Waals surface area (Å²) >= 11 is 0. The Morgan fingerprint density at radius 3 is 1.53 bits per heavy atom. The summed E-state index contributed by atoms with van der Waals surface area (Å²) in [4.78, 5) is 7.11. The van der Waals surface area contributed by atoms with Crippen molar-refractivity contribution < 1.29 is 0 Å². The van der Waals surface area contributed by atoms with Crippen LogP contribution >= 0.6 is 0 Å². The van der Waals surface area contributed by atoms with Crippen LogP contribution in [-0.2, 0) is 0 Å². The molecule has 1 aliphatic rings. The summed E-state index contributed by atoms with van der Waals surface area (Å²) in [5.41, 5.74) is 13.5. The van der Waals surface area contributed by atoms with Crippen LogP contribution in [0.2, 0.25) is 0 Å². The topological polar surface area (TPSA) is 16.1 Å². The fraction of sp³-hybridized carbons (Fsp3) is 0. The Hall–Kier alpha value is -6.51. The van der Waals surface area contributed by atoms with E-state index < -0.39 is 0 Å². The first-order valence-corrected chi connectivity index (χ1v) is 16.8. The summed E-state index contributed by atoms with van der Waals surface area (Å²) in [6.45, 7) is 0. The van der Waals surface area contributed by atoms with Crippen molar-refractivity contribution in [2.45, 2.75) is 0 Å². The fourth-order valence-electron chi connectivity index (χ4n) is 8.05. The van der Waals surface area contributed by atoms with Gasteiger partial charge in [-0.15, -0.1) is 0 Å². The molecule has 10 rings (SSSR count). The van der Waals surface area contributed by atoms with Crippen molar-refractivity contribution in [1.82, 2.24) is 4.98 Å². The molecule has 0 saturated carbocycles. The van der Waals surface area contributed by atoms with Gasteiger partial charge >= 0.3 is 0 Å². The van der Waals surface area contributed by atoms with Crippen LogP contribution in [0, 0.1) is 0 Å². The standard InChI is InChI=1S/C47H30N2/c1-4-15-31(16-5-1)43-36-23-12-13-24-37(36)44(32-17-6-2-7-18-32)47-40-27-28-41(38-25-14-26-39(45(38)40)46(43)47)49(34-20-8-3-9-21-34)42-30-48-29-33-19-10-11-22-35(33)42/h1-30H. The number of pyridine rings is 1. The van der Waals surface area contributed by atoms with E-state index in [-0.39, 0.29) is 0 Å². The van der Waals surface area contributed by atoms with Crippen molar-refractivity contribution in [2.75, 3.05) is 4.90 Å².